The van der Waals surface area contributed by atoms with Gasteiger partial charge < -0.3 is 10.2 Å². The van der Waals surface area contributed by atoms with Gasteiger partial charge in [-0.1, -0.05) is 18.2 Å². The van der Waals surface area contributed by atoms with Crippen LogP contribution in [0.25, 0.3) is 22.4 Å². The molecule has 2 aromatic carbocycles. The average molecular weight is 612 g/mol. The Bertz CT molecular complexity index is 1790. The van der Waals surface area contributed by atoms with Gasteiger partial charge in [-0.3, -0.25) is 14.1 Å². The van der Waals surface area contributed by atoms with Crippen molar-refractivity contribution in [3.63, 3.8) is 0 Å². The van der Waals surface area contributed by atoms with Crippen molar-refractivity contribution in [2.45, 2.75) is 63.4 Å². The van der Waals surface area contributed by atoms with Gasteiger partial charge in [-0.2, -0.15) is 4.98 Å². The fourth-order valence-corrected chi connectivity index (χ4v) is 6.61. The Morgan fingerprint density at radius 2 is 1.72 bits per heavy atom. The predicted octanol–water partition coefficient (Wildman–Crippen LogP) is 4.94. The van der Waals surface area contributed by atoms with E-state index in [9.17, 15) is 17.6 Å². The quantitative estimate of drug-likeness (QED) is 0.273. The normalized spacial score (nSPS) is 17.5. The molecule has 228 valence electrons. The van der Waals surface area contributed by atoms with E-state index in [-0.39, 0.29) is 29.0 Å². The summed E-state index contributed by atoms with van der Waals surface area (Å²) in [5.74, 6) is -1.41. The number of anilines is 2. The first-order valence-electron chi connectivity index (χ1n) is 14.2. The van der Waals surface area contributed by atoms with Crippen LogP contribution < -0.4 is 15.6 Å². The molecule has 0 atom stereocenters. The average Bonchev–Trinajstić information content (AvgIpc) is 2.95. The van der Waals surface area contributed by atoms with Crippen molar-refractivity contribution in [3.05, 3.63) is 76.2 Å². The first kappa shape index (κ1) is 30.5. The molecule has 2 heterocycles. The molecular weight excluding hydrogens is 576 g/mol. The maximum Gasteiger partial charge on any atom is 0.278 e. The summed E-state index contributed by atoms with van der Waals surface area (Å²) in [5.41, 5.74) is 0.519. The highest BCUT2D eigenvalue weighted by atomic mass is 32.2. The molecular formula is C30H35F2N7O3S. The number of hydrogen-bond acceptors (Lipinski definition) is 8. The van der Waals surface area contributed by atoms with Crippen LogP contribution in [0.15, 0.2) is 53.5 Å². The number of nitrogens with zero attached hydrogens (tertiary/aromatic N) is 5. The van der Waals surface area contributed by atoms with Gasteiger partial charge in [0.2, 0.25) is 16.0 Å². The van der Waals surface area contributed by atoms with Gasteiger partial charge >= 0.3 is 0 Å². The summed E-state index contributed by atoms with van der Waals surface area (Å²) in [4.78, 5) is 29.5. The molecule has 1 aliphatic rings. The number of halogens is 2. The number of benzene rings is 2. The van der Waals surface area contributed by atoms with E-state index in [0.717, 1.165) is 43.9 Å². The zero-order valence-corrected chi connectivity index (χ0v) is 25.3. The monoisotopic (exact) mass is 611 g/mol. The topological polar surface area (TPSA) is 122 Å². The van der Waals surface area contributed by atoms with Crippen molar-refractivity contribution >= 4 is 32.8 Å². The molecule has 10 nitrogen and oxygen atoms in total. The Hall–Kier alpha value is -3.97. The molecule has 0 saturated heterocycles. The molecule has 0 aliphatic heterocycles. The lowest BCUT2D eigenvalue weighted by Gasteiger charge is -2.32. The van der Waals surface area contributed by atoms with E-state index in [1.807, 2.05) is 13.8 Å². The van der Waals surface area contributed by atoms with Crippen LogP contribution in [0.5, 0.6) is 0 Å². The first-order valence-corrected chi connectivity index (χ1v) is 15.8. The second-order valence-electron chi connectivity index (χ2n) is 11.4. The Balaban J connectivity index is 1.40. The number of rotatable bonds is 9. The van der Waals surface area contributed by atoms with Crippen LogP contribution in [0.2, 0.25) is 0 Å². The summed E-state index contributed by atoms with van der Waals surface area (Å²) in [6, 6.07) is 9.25. The van der Waals surface area contributed by atoms with Crippen LogP contribution in [-0.2, 0) is 15.8 Å². The third kappa shape index (κ3) is 6.99. The van der Waals surface area contributed by atoms with Gasteiger partial charge in [0.25, 0.3) is 5.56 Å². The van der Waals surface area contributed by atoms with Crippen LogP contribution in [0.3, 0.4) is 0 Å². The molecule has 13 heteroatoms. The molecule has 1 aliphatic carbocycles. The van der Waals surface area contributed by atoms with Gasteiger partial charge in [-0.25, -0.2) is 27.2 Å². The van der Waals surface area contributed by atoms with Gasteiger partial charge in [-0.15, -0.1) is 0 Å². The zero-order chi connectivity index (χ0) is 30.9. The molecule has 43 heavy (non-hydrogen) atoms. The Morgan fingerprint density at radius 3 is 2.35 bits per heavy atom. The number of hydrogen-bond donors (Lipinski definition) is 2. The summed E-state index contributed by atoms with van der Waals surface area (Å²) < 4.78 is 57.3. The van der Waals surface area contributed by atoms with Crippen molar-refractivity contribution in [2.24, 2.45) is 0 Å². The molecule has 0 unspecified atom stereocenters. The Morgan fingerprint density at radius 1 is 1.02 bits per heavy atom. The maximum atomic E-state index is 15.2. The molecule has 0 amide bonds. The lowest BCUT2D eigenvalue weighted by Crippen LogP contribution is -2.36. The van der Waals surface area contributed by atoms with Crippen LogP contribution in [0, 0.1) is 11.6 Å². The molecule has 0 spiro atoms. The SMILES string of the molecule is CC(C)n1c(=O)c(-c2ccc(NS(=O)(=O)Cc3ccc(F)cc3)c(F)c2)nc2cnc(NC3CCC(N(C)C)CC3)nc21. The summed E-state index contributed by atoms with van der Waals surface area (Å²) >= 11 is 0. The lowest BCUT2D eigenvalue weighted by molar-refractivity contribution is 0.221. The second kappa shape index (κ2) is 12.3. The molecule has 0 radical (unpaired) electrons. The van der Waals surface area contributed by atoms with Crippen LogP contribution in [-0.4, -0.2) is 59.0 Å². The van der Waals surface area contributed by atoms with Gasteiger partial charge in [0, 0.05) is 23.7 Å². The number of fused-ring (bicyclic) bond motifs is 1. The fourth-order valence-electron chi connectivity index (χ4n) is 5.41. The zero-order valence-electron chi connectivity index (χ0n) is 24.5. The number of nitrogens with one attached hydrogen (secondary N) is 2. The van der Waals surface area contributed by atoms with Gasteiger partial charge in [0.15, 0.2) is 5.65 Å². The van der Waals surface area contributed by atoms with Crippen molar-refractivity contribution in [1.29, 1.82) is 0 Å². The van der Waals surface area contributed by atoms with Gasteiger partial charge in [-0.05, 0) is 83.5 Å². The van der Waals surface area contributed by atoms with Crippen molar-refractivity contribution in [2.75, 3.05) is 24.1 Å². The van der Waals surface area contributed by atoms with E-state index >= 15 is 4.39 Å². The number of sulfonamides is 1. The molecule has 2 N–H and O–H groups in total. The summed E-state index contributed by atoms with van der Waals surface area (Å²) in [6.07, 6.45) is 5.67. The fraction of sp³-hybridized carbons (Fsp3) is 0.400. The van der Waals surface area contributed by atoms with Gasteiger partial charge in [0.1, 0.15) is 22.8 Å². The van der Waals surface area contributed by atoms with Crippen molar-refractivity contribution in [1.82, 2.24) is 24.4 Å². The van der Waals surface area contributed by atoms with E-state index < -0.39 is 33.0 Å². The molecule has 1 saturated carbocycles. The number of aromatic nitrogens is 4. The summed E-state index contributed by atoms with van der Waals surface area (Å²) in [5, 5.41) is 3.41. The summed E-state index contributed by atoms with van der Waals surface area (Å²) in [6.45, 7) is 3.70. The smallest absolute Gasteiger partial charge is 0.278 e. The lowest BCUT2D eigenvalue weighted by atomic mass is 9.91. The predicted molar refractivity (Wildman–Crippen MR) is 163 cm³/mol. The largest absolute Gasteiger partial charge is 0.351 e. The molecule has 4 aromatic rings. The van der Waals surface area contributed by atoms with Crippen LogP contribution >= 0.6 is 0 Å². The van der Waals surface area contributed by atoms with E-state index in [0.29, 0.717) is 28.7 Å². The minimum absolute atomic E-state index is 0.00728. The van der Waals surface area contributed by atoms with E-state index in [4.69, 9.17) is 0 Å². The third-order valence-corrected chi connectivity index (χ3v) is 8.93. The minimum Gasteiger partial charge on any atom is -0.351 e. The highest BCUT2D eigenvalue weighted by Crippen LogP contribution is 2.26. The first-order chi connectivity index (χ1) is 20.4. The highest BCUT2D eigenvalue weighted by Gasteiger charge is 2.24. The van der Waals surface area contributed by atoms with Crippen LogP contribution in [0.1, 0.15) is 51.1 Å². The van der Waals surface area contributed by atoms with E-state index in [1.165, 1.54) is 28.8 Å². The Labute approximate surface area is 249 Å². The minimum atomic E-state index is -4.00. The molecule has 5 rings (SSSR count). The maximum absolute atomic E-state index is 15.2. The van der Waals surface area contributed by atoms with E-state index in [1.54, 1.807) is 6.20 Å². The third-order valence-electron chi connectivity index (χ3n) is 7.69. The van der Waals surface area contributed by atoms with Crippen molar-refractivity contribution in [3.8, 4) is 11.3 Å². The molecule has 2 aromatic heterocycles. The Kier molecular flexibility index (Phi) is 8.74. The summed E-state index contributed by atoms with van der Waals surface area (Å²) in [7, 11) is 0.198. The molecule has 0 bridgehead atoms. The second-order valence-corrected chi connectivity index (χ2v) is 13.1. The van der Waals surface area contributed by atoms with Crippen molar-refractivity contribution < 1.29 is 17.2 Å². The van der Waals surface area contributed by atoms with Gasteiger partial charge in [0.05, 0.1) is 17.6 Å². The van der Waals surface area contributed by atoms with E-state index in [2.05, 4.69) is 44.0 Å². The standard InChI is InChI=1S/C30H35F2N7O3S/c1-18(2)39-28-26(16-33-30(36-28)34-22-10-12-23(13-11-22)38(3)4)35-27(29(39)40)20-7-14-25(24(32)15-20)37-43(41,42)17-19-5-8-21(31)9-6-19/h5-9,14-16,18,22-23,37H,10-13,17H2,1-4H3,(H,33,34,36). The highest BCUT2D eigenvalue weighted by molar-refractivity contribution is 7.91. The molecule has 1 fully saturated rings. The van der Waals surface area contributed by atoms with Crippen LogP contribution in [0.4, 0.5) is 20.4 Å².